The van der Waals surface area contributed by atoms with Gasteiger partial charge >= 0.3 is 5.69 Å². The fourth-order valence-corrected chi connectivity index (χ4v) is 1.94. The van der Waals surface area contributed by atoms with Crippen LogP contribution in [0.4, 0.5) is 30.2 Å². The largest absolute Gasteiger partial charge is 0.391 e. The minimum absolute atomic E-state index is 0.125. The van der Waals surface area contributed by atoms with Crippen LogP contribution in [0.5, 0.6) is 0 Å². The number of nitro groups is 1. The van der Waals surface area contributed by atoms with Gasteiger partial charge in [-0.05, 0) is 18.6 Å². The van der Waals surface area contributed by atoms with E-state index in [0.29, 0.717) is 6.07 Å². The third kappa shape index (κ3) is 2.95. The van der Waals surface area contributed by atoms with E-state index in [1.54, 1.807) is 13.0 Å². The minimum Gasteiger partial charge on any atom is -0.391 e. The molecule has 0 aliphatic carbocycles. The molecule has 5 nitrogen and oxygen atoms in total. The van der Waals surface area contributed by atoms with Crippen molar-refractivity contribution >= 4 is 17.1 Å². The van der Waals surface area contributed by atoms with Gasteiger partial charge in [0.05, 0.1) is 10.6 Å². The van der Waals surface area contributed by atoms with E-state index < -0.39 is 33.7 Å². The number of aryl methyl sites for hydroxylation is 1. The summed E-state index contributed by atoms with van der Waals surface area (Å²) in [5, 5.41) is 13.1. The molecule has 0 heterocycles. The first-order valence-electron chi connectivity index (χ1n) is 6.22. The molecule has 0 saturated heterocycles. The zero-order chi connectivity index (χ0) is 16.4. The van der Waals surface area contributed by atoms with Crippen LogP contribution in [0.1, 0.15) is 11.1 Å². The Kier molecular flexibility index (Phi) is 4.20. The molecule has 0 radical (unpaired) electrons. The van der Waals surface area contributed by atoms with Gasteiger partial charge in [-0.2, -0.15) is 4.39 Å². The number of rotatable bonds is 4. The topological polar surface area (TPSA) is 81.2 Å². The molecule has 0 aliphatic heterocycles. The maximum absolute atomic E-state index is 13.9. The first kappa shape index (κ1) is 15.6. The molecule has 0 aliphatic rings. The molecular weight excluding hydrogens is 299 g/mol. The summed E-state index contributed by atoms with van der Waals surface area (Å²) in [5.74, 6) is -2.92. The van der Waals surface area contributed by atoms with E-state index in [1.807, 2.05) is 0 Å². The summed E-state index contributed by atoms with van der Waals surface area (Å²) >= 11 is 0. The molecule has 2 aromatic carbocycles. The van der Waals surface area contributed by atoms with Gasteiger partial charge in [-0.15, -0.1) is 0 Å². The molecule has 3 N–H and O–H groups in total. The van der Waals surface area contributed by atoms with Crippen LogP contribution in [0.15, 0.2) is 24.3 Å². The van der Waals surface area contributed by atoms with Crippen molar-refractivity contribution in [2.24, 2.45) is 0 Å². The van der Waals surface area contributed by atoms with Gasteiger partial charge in [0.1, 0.15) is 5.82 Å². The highest BCUT2D eigenvalue weighted by Crippen LogP contribution is 2.33. The Hall–Kier alpha value is -2.77. The van der Waals surface area contributed by atoms with Crippen LogP contribution >= 0.6 is 0 Å². The lowest BCUT2D eigenvalue weighted by atomic mass is 10.1. The van der Waals surface area contributed by atoms with Crippen LogP contribution in [0, 0.1) is 34.5 Å². The van der Waals surface area contributed by atoms with Gasteiger partial charge in [-0.1, -0.05) is 12.1 Å². The highest BCUT2D eigenvalue weighted by Gasteiger charge is 2.25. The molecule has 2 aromatic rings. The van der Waals surface area contributed by atoms with Crippen molar-refractivity contribution in [2.75, 3.05) is 11.1 Å². The van der Waals surface area contributed by atoms with Gasteiger partial charge in [-0.3, -0.25) is 10.1 Å². The number of hydrogen-bond acceptors (Lipinski definition) is 4. The second kappa shape index (κ2) is 5.92. The summed E-state index contributed by atoms with van der Waals surface area (Å²) in [4.78, 5) is 9.51. The Balaban J connectivity index is 2.29. The number of halogens is 3. The summed E-state index contributed by atoms with van der Waals surface area (Å²) in [5.41, 5.74) is 3.79. The zero-order valence-electron chi connectivity index (χ0n) is 11.5. The molecule has 0 bridgehead atoms. The van der Waals surface area contributed by atoms with Crippen LogP contribution < -0.4 is 11.1 Å². The number of nitro benzene ring substituents is 1. The molecule has 2 rings (SSSR count). The second-order valence-corrected chi connectivity index (χ2v) is 4.69. The molecule has 8 heteroatoms. The smallest absolute Gasteiger partial charge is 0.330 e. The first-order valence-corrected chi connectivity index (χ1v) is 6.22. The number of anilines is 2. The number of nitrogens with two attached hydrogens (primary N) is 1. The number of nitrogens with zero attached hydrogens (tertiary/aromatic N) is 1. The van der Waals surface area contributed by atoms with Crippen LogP contribution in [-0.2, 0) is 6.54 Å². The molecule has 0 spiro atoms. The summed E-state index contributed by atoms with van der Waals surface area (Å²) in [6, 6.07) is 5.09. The molecule has 0 atom stereocenters. The third-order valence-corrected chi connectivity index (χ3v) is 3.09. The van der Waals surface area contributed by atoms with E-state index in [4.69, 9.17) is 5.73 Å². The molecule has 116 valence electrons. The van der Waals surface area contributed by atoms with E-state index in [2.05, 4.69) is 5.32 Å². The van der Waals surface area contributed by atoms with Crippen LogP contribution in [0.3, 0.4) is 0 Å². The fourth-order valence-electron chi connectivity index (χ4n) is 1.94. The van der Waals surface area contributed by atoms with Gasteiger partial charge in [-0.25, -0.2) is 8.78 Å². The maximum Gasteiger partial charge on any atom is 0.330 e. The Bertz CT molecular complexity index is 751. The molecule has 0 saturated carbocycles. The summed E-state index contributed by atoms with van der Waals surface area (Å²) < 4.78 is 41.2. The van der Waals surface area contributed by atoms with E-state index in [-0.39, 0.29) is 17.8 Å². The summed E-state index contributed by atoms with van der Waals surface area (Å²) in [6.07, 6.45) is 0. The van der Waals surface area contributed by atoms with Gasteiger partial charge < -0.3 is 11.1 Å². The number of nitrogens with one attached hydrogen (secondary N) is 1. The van der Waals surface area contributed by atoms with E-state index >= 15 is 0 Å². The predicted octanol–water partition coefficient (Wildman–Crippen LogP) is 3.51. The zero-order valence-corrected chi connectivity index (χ0v) is 11.5. The van der Waals surface area contributed by atoms with Gasteiger partial charge in [0, 0.05) is 18.2 Å². The quantitative estimate of drug-likeness (QED) is 0.514. The average Bonchev–Trinajstić information content (AvgIpc) is 2.42. The van der Waals surface area contributed by atoms with Gasteiger partial charge in [0.15, 0.2) is 11.5 Å². The van der Waals surface area contributed by atoms with E-state index in [0.717, 1.165) is 5.56 Å². The molecule has 0 unspecified atom stereocenters. The van der Waals surface area contributed by atoms with Gasteiger partial charge in [0.25, 0.3) is 0 Å². The average molecular weight is 311 g/mol. The molecule has 0 amide bonds. The molecule has 0 aromatic heterocycles. The molecule has 22 heavy (non-hydrogen) atoms. The number of benzene rings is 2. The maximum atomic E-state index is 13.9. The van der Waals surface area contributed by atoms with Gasteiger partial charge in [0.2, 0.25) is 5.82 Å². The Labute approximate surface area is 123 Å². The normalized spacial score (nSPS) is 10.5. The van der Waals surface area contributed by atoms with Crippen molar-refractivity contribution in [3.05, 3.63) is 63.0 Å². The van der Waals surface area contributed by atoms with Crippen LogP contribution in [-0.4, -0.2) is 4.92 Å². The Morgan fingerprint density at radius 1 is 1.23 bits per heavy atom. The van der Waals surface area contributed by atoms with Crippen molar-refractivity contribution in [3.8, 4) is 0 Å². The summed E-state index contributed by atoms with van der Waals surface area (Å²) in [7, 11) is 0. The molecular formula is C14H12F3N3O2. The van der Waals surface area contributed by atoms with Crippen molar-refractivity contribution in [1.82, 2.24) is 0 Å². The Morgan fingerprint density at radius 3 is 2.50 bits per heavy atom. The second-order valence-electron chi connectivity index (χ2n) is 4.69. The van der Waals surface area contributed by atoms with Crippen molar-refractivity contribution in [1.29, 1.82) is 0 Å². The lowest BCUT2D eigenvalue weighted by Gasteiger charge is -2.11. The lowest BCUT2D eigenvalue weighted by molar-refractivity contribution is -0.386. The first-order chi connectivity index (χ1) is 10.3. The molecule has 0 fully saturated rings. The lowest BCUT2D eigenvalue weighted by Crippen LogP contribution is -2.08. The van der Waals surface area contributed by atoms with Crippen LogP contribution in [0.2, 0.25) is 0 Å². The highest BCUT2D eigenvalue weighted by molar-refractivity contribution is 5.68. The SMILES string of the molecule is Cc1ccc(CNc2cc(F)c([N+](=O)[O-])c(N)c2F)c(F)c1. The van der Waals surface area contributed by atoms with E-state index in [1.165, 1.54) is 12.1 Å². The minimum atomic E-state index is -1.27. The van der Waals surface area contributed by atoms with Crippen molar-refractivity contribution < 1.29 is 18.1 Å². The summed E-state index contributed by atoms with van der Waals surface area (Å²) in [6.45, 7) is 1.59. The monoisotopic (exact) mass is 311 g/mol. The van der Waals surface area contributed by atoms with E-state index in [9.17, 15) is 23.3 Å². The standard InChI is InChI=1S/C14H12F3N3O2/c1-7-2-3-8(9(15)4-7)6-19-11-5-10(16)14(20(21)22)13(18)12(11)17/h2-5,19H,6,18H2,1H3. The van der Waals surface area contributed by atoms with Crippen molar-refractivity contribution in [3.63, 3.8) is 0 Å². The highest BCUT2D eigenvalue weighted by atomic mass is 19.1. The fraction of sp³-hybridized carbons (Fsp3) is 0.143. The van der Waals surface area contributed by atoms with Crippen LogP contribution in [0.25, 0.3) is 0 Å². The van der Waals surface area contributed by atoms with Crippen molar-refractivity contribution in [2.45, 2.75) is 13.5 Å². The number of nitrogen functional groups attached to an aromatic ring is 1. The third-order valence-electron chi connectivity index (χ3n) is 3.09. The number of hydrogen-bond donors (Lipinski definition) is 2. The predicted molar refractivity (Wildman–Crippen MR) is 75.9 cm³/mol. The Morgan fingerprint density at radius 2 is 1.91 bits per heavy atom.